The van der Waals surface area contributed by atoms with Gasteiger partial charge in [0, 0.05) is 68.5 Å². The average Bonchev–Trinajstić information content (AvgIpc) is 3.51. The number of hydrogen-bond donors (Lipinski definition) is 1. The highest BCUT2D eigenvalue weighted by Crippen LogP contribution is 2.37. The number of methoxy groups -OCH3 is 1. The standard InChI is InChI=1S/C32H38N8O3/c1-5-29(41)38-13-12-25(21-38)40-30-23(20-39(32(40)42)27-9-7-6-8-22(27)2)19-33-31(35-30)34-26-11-10-24(18-28(26)43-4)37-16-14-36(3)15-17-37/h5-11,18-19,25H,1,12-17,20-21H2,2-4H3,(H,33,34,35)/t25-/m0/s1. The van der Waals surface area contributed by atoms with Crippen LogP contribution in [0, 0.1) is 6.92 Å². The zero-order valence-corrected chi connectivity index (χ0v) is 25.0. The molecule has 224 valence electrons. The van der Waals surface area contributed by atoms with Crippen LogP contribution in [-0.2, 0) is 11.3 Å². The fraction of sp³-hybridized carbons (Fsp3) is 0.375. The number of piperazine rings is 1. The van der Waals surface area contributed by atoms with Crippen molar-refractivity contribution in [2.75, 3.05) is 73.4 Å². The number of benzene rings is 2. The first-order valence-corrected chi connectivity index (χ1v) is 14.7. The van der Waals surface area contributed by atoms with Crippen molar-refractivity contribution >= 4 is 40.8 Å². The summed E-state index contributed by atoms with van der Waals surface area (Å²) in [5, 5.41) is 3.32. The van der Waals surface area contributed by atoms with E-state index in [1.807, 2.05) is 43.3 Å². The first kappa shape index (κ1) is 28.5. The van der Waals surface area contributed by atoms with Gasteiger partial charge in [0.05, 0.1) is 25.4 Å². The summed E-state index contributed by atoms with van der Waals surface area (Å²) < 4.78 is 5.75. The first-order chi connectivity index (χ1) is 20.9. The van der Waals surface area contributed by atoms with E-state index in [2.05, 4.69) is 39.8 Å². The zero-order chi connectivity index (χ0) is 30.1. The van der Waals surface area contributed by atoms with E-state index in [1.165, 1.54) is 6.08 Å². The molecule has 1 N–H and O–H groups in total. The number of rotatable bonds is 7. The lowest BCUT2D eigenvalue weighted by Gasteiger charge is -2.39. The lowest BCUT2D eigenvalue weighted by Crippen LogP contribution is -2.53. The lowest BCUT2D eigenvalue weighted by molar-refractivity contribution is -0.125. The number of urea groups is 1. The van der Waals surface area contributed by atoms with E-state index < -0.39 is 0 Å². The van der Waals surface area contributed by atoms with Crippen LogP contribution < -0.4 is 24.8 Å². The number of ether oxygens (including phenoxy) is 1. The second-order valence-corrected chi connectivity index (χ2v) is 11.3. The molecule has 0 bridgehead atoms. The van der Waals surface area contributed by atoms with E-state index in [1.54, 1.807) is 28.0 Å². The summed E-state index contributed by atoms with van der Waals surface area (Å²) in [7, 11) is 3.79. The van der Waals surface area contributed by atoms with Crippen LogP contribution in [0.1, 0.15) is 17.5 Å². The van der Waals surface area contributed by atoms with Gasteiger partial charge in [0.15, 0.2) is 0 Å². The van der Waals surface area contributed by atoms with Gasteiger partial charge in [-0.25, -0.2) is 9.78 Å². The van der Waals surface area contributed by atoms with Crippen LogP contribution >= 0.6 is 0 Å². The highest BCUT2D eigenvalue weighted by Gasteiger charge is 2.41. The Morgan fingerprint density at radius 2 is 1.91 bits per heavy atom. The topological polar surface area (TPSA) is 97.4 Å². The molecule has 0 unspecified atom stereocenters. The number of likely N-dealkylation sites (tertiary alicyclic amines) is 1. The fourth-order valence-corrected chi connectivity index (χ4v) is 6.07. The van der Waals surface area contributed by atoms with Gasteiger partial charge in [0.1, 0.15) is 11.6 Å². The van der Waals surface area contributed by atoms with Gasteiger partial charge in [-0.1, -0.05) is 24.8 Å². The first-order valence-electron chi connectivity index (χ1n) is 14.7. The van der Waals surface area contributed by atoms with Crippen molar-refractivity contribution < 1.29 is 14.3 Å². The molecule has 1 aromatic heterocycles. The molecule has 11 heteroatoms. The molecule has 11 nitrogen and oxygen atoms in total. The van der Waals surface area contributed by atoms with E-state index in [0.717, 1.165) is 54.4 Å². The SMILES string of the molecule is C=CC(=O)N1CC[C@H](N2C(=O)N(c3ccccc3C)Cc3cnc(Nc4ccc(N5CCN(C)CC5)cc4OC)nc32)C1. The Morgan fingerprint density at radius 1 is 1.12 bits per heavy atom. The van der Waals surface area contributed by atoms with Crippen LogP contribution in [0.2, 0.25) is 0 Å². The van der Waals surface area contributed by atoms with Crippen molar-refractivity contribution in [2.45, 2.75) is 25.9 Å². The number of amides is 3. The largest absolute Gasteiger partial charge is 0.494 e. The van der Waals surface area contributed by atoms with E-state index in [-0.39, 0.29) is 18.0 Å². The predicted molar refractivity (Wildman–Crippen MR) is 168 cm³/mol. The molecule has 2 fully saturated rings. The highest BCUT2D eigenvalue weighted by atomic mass is 16.5. The molecule has 4 heterocycles. The van der Waals surface area contributed by atoms with Crippen molar-refractivity contribution in [2.24, 2.45) is 0 Å². The monoisotopic (exact) mass is 582 g/mol. The Hall–Kier alpha value is -4.64. The summed E-state index contributed by atoms with van der Waals surface area (Å²) in [6.45, 7) is 10.9. The molecule has 0 saturated carbocycles. The van der Waals surface area contributed by atoms with Gasteiger partial charge in [0.2, 0.25) is 11.9 Å². The Labute approximate surface area is 252 Å². The molecule has 2 saturated heterocycles. The van der Waals surface area contributed by atoms with Crippen molar-refractivity contribution in [3.63, 3.8) is 0 Å². The summed E-state index contributed by atoms with van der Waals surface area (Å²) in [4.78, 5) is 46.0. The molecule has 3 aliphatic rings. The van der Waals surface area contributed by atoms with Crippen LogP contribution in [0.3, 0.4) is 0 Å². The molecule has 3 aliphatic heterocycles. The Morgan fingerprint density at radius 3 is 2.65 bits per heavy atom. The third kappa shape index (κ3) is 5.60. The summed E-state index contributed by atoms with van der Waals surface area (Å²) in [5.41, 5.74) is 4.52. The second-order valence-electron chi connectivity index (χ2n) is 11.3. The number of likely N-dealkylation sites (N-methyl/N-ethyl adjacent to an activating group) is 1. The van der Waals surface area contributed by atoms with Gasteiger partial charge in [-0.05, 0) is 50.2 Å². The molecule has 3 amide bonds. The zero-order valence-electron chi connectivity index (χ0n) is 25.0. The van der Waals surface area contributed by atoms with Gasteiger partial charge < -0.3 is 24.8 Å². The summed E-state index contributed by atoms with van der Waals surface area (Å²) >= 11 is 0. The van der Waals surface area contributed by atoms with Gasteiger partial charge >= 0.3 is 6.03 Å². The summed E-state index contributed by atoms with van der Waals surface area (Å²) in [5.74, 6) is 1.47. The summed E-state index contributed by atoms with van der Waals surface area (Å²) in [6, 6.07) is 13.5. The third-order valence-electron chi connectivity index (χ3n) is 8.56. The maximum Gasteiger partial charge on any atom is 0.330 e. The van der Waals surface area contributed by atoms with Gasteiger partial charge in [-0.3, -0.25) is 14.6 Å². The number of anilines is 5. The van der Waals surface area contributed by atoms with Crippen LogP contribution in [-0.4, -0.2) is 91.2 Å². The number of carbonyl (C=O) groups excluding carboxylic acids is 2. The van der Waals surface area contributed by atoms with E-state index >= 15 is 0 Å². The molecular weight excluding hydrogens is 544 g/mol. The molecule has 2 aromatic carbocycles. The lowest BCUT2D eigenvalue weighted by atomic mass is 10.1. The average molecular weight is 583 g/mol. The number of fused-ring (bicyclic) bond motifs is 1. The Kier molecular flexibility index (Phi) is 7.90. The molecule has 3 aromatic rings. The maximum atomic E-state index is 14.2. The minimum Gasteiger partial charge on any atom is -0.494 e. The molecular formula is C32H38N8O3. The molecule has 0 aliphatic carbocycles. The minimum absolute atomic E-state index is 0.139. The maximum absolute atomic E-state index is 14.2. The van der Waals surface area contributed by atoms with Crippen molar-refractivity contribution in [3.05, 3.63) is 72.4 Å². The van der Waals surface area contributed by atoms with Crippen LogP contribution in [0.5, 0.6) is 5.75 Å². The van der Waals surface area contributed by atoms with Crippen molar-refractivity contribution in [1.29, 1.82) is 0 Å². The number of nitrogens with one attached hydrogen (secondary N) is 1. The molecule has 6 rings (SSSR count). The minimum atomic E-state index is -0.234. The third-order valence-corrected chi connectivity index (χ3v) is 8.56. The summed E-state index contributed by atoms with van der Waals surface area (Å²) in [6.07, 6.45) is 3.74. The molecule has 0 spiro atoms. The highest BCUT2D eigenvalue weighted by molar-refractivity contribution is 6.06. The predicted octanol–water partition coefficient (Wildman–Crippen LogP) is 4.02. The molecule has 43 heavy (non-hydrogen) atoms. The second kappa shape index (κ2) is 11.9. The number of aromatic nitrogens is 2. The van der Waals surface area contributed by atoms with Crippen LogP contribution in [0.4, 0.5) is 33.6 Å². The Balaban J connectivity index is 1.31. The number of hydrogen-bond acceptors (Lipinski definition) is 8. The van der Waals surface area contributed by atoms with Gasteiger partial charge in [-0.2, -0.15) is 4.98 Å². The number of para-hydroxylation sites is 1. The normalized spacial score (nSPS) is 19.0. The Bertz CT molecular complexity index is 1540. The number of aryl methyl sites for hydroxylation is 1. The van der Waals surface area contributed by atoms with Gasteiger partial charge in [-0.15, -0.1) is 0 Å². The van der Waals surface area contributed by atoms with E-state index in [0.29, 0.717) is 43.6 Å². The molecule has 0 radical (unpaired) electrons. The van der Waals surface area contributed by atoms with Gasteiger partial charge in [0.25, 0.3) is 0 Å². The van der Waals surface area contributed by atoms with Crippen LogP contribution in [0.15, 0.2) is 61.3 Å². The number of nitrogens with zero attached hydrogens (tertiary/aromatic N) is 7. The van der Waals surface area contributed by atoms with Crippen LogP contribution in [0.25, 0.3) is 0 Å². The van der Waals surface area contributed by atoms with E-state index in [4.69, 9.17) is 9.72 Å². The fourth-order valence-electron chi connectivity index (χ4n) is 6.07. The molecule has 1 atom stereocenters. The van der Waals surface area contributed by atoms with Crippen molar-refractivity contribution in [1.82, 2.24) is 19.8 Å². The quantitative estimate of drug-likeness (QED) is 0.418. The number of carbonyl (C=O) groups is 2. The van der Waals surface area contributed by atoms with E-state index in [9.17, 15) is 9.59 Å². The smallest absolute Gasteiger partial charge is 0.330 e. The van der Waals surface area contributed by atoms with Crippen molar-refractivity contribution in [3.8, 4) is 5.75 Å².